The average molecular weight is 294 g/mol. The van der Waals surface area contributed by atoms with Gasteiger partial charge in [0.05, 0.1) is 12.7 Å². The molecule has 0 aliphatic carbocycles. The highest BCUT2D eigenvalue weighted by atomic mass is 19.4. The Morgan fingerprint density at radius 3 is 2.47 bits per heavy atom. The molecule has 0 amide bonds. The zero-order valence-electron chi connectivity index (χ0n) is 10.3. The molecule has 19 heavy (non-hydrogen) atoms. The van der Waals surface area contributed by atoms with Crippen molar-refractivity contribution in [1.29, 1.82) is 0 Å². The van der Waals surface area contributed by atoms with Crippen LogP contribution in [0, 0.1) is 0 Å². The van der Waals surface area contributed by atoms with E-state index in [4.69, 9.17) is 9.84 Å². The molecular formula is C10H15F5O4. The maximum absolute atomic E-state index is 13.1. The molecule has 0 radical (unpaired) electrons. The molecule has 1 aliphatic heterocycles. The fraction of sp³-hybridized carbons (Fsp3) is 1.00. The first kappa shape index (κ1) is 16.5. The monoisotopic (exact) mass is 294 g/mol. The molecule has 4 nitrogen and oxygen atoms in total. The SMILES string of the molecule is CCC(C)OCC1OCC(F)(F)C(O)(C(F)(F)F)O1. The van der Waals surface area contributed by atoms with Gasteiger partial charge in [-0.2, -0.15) is 22.0 Å². The normalized spacial score (nSPS) is 33.2. The second-order valence-corrected chi connectivity index (χ2v) is 4.26. The van der Waals surface area contributed by atoms with Crippen molar-refractivity contribution in [1.82, 2.24) is 0 Å². The lowest BCUT2D eigenvalue weighted by molar-refractivity contribution is -0.491. The van der Waals surface area contributed by atoms with Crippen molar-refractivity contribution < 1.29 is 41.3 Å². The third kappa shape index (κ3) is 3.33. The van der Waals surface area contributed by atoms with Gasteiger partial charge in [-0.25, -0.2) is 0 Å². The van der Waals surface area contributed by atoms with Crippen LogP contribution in [-0.2, 0) is 14.2 Å². The van der Waals surface area contributed by atoms with Gasteiger partial charge in [-0.1, -0.05) is 6.92 Å². The third-order valence-corrected chi connectivity index (χ3v) is 2.72. The third-order valence-electron chi connectivity index (χ3n) is 2.72. The van der Waals surface area contributed by atoms with Crippen LogP contribution in [0.3, 0.4) is 0 Å². The van der Waals surface area contributed by atoms with Crippen molar-refractivity contribution in [2.75, 3.05) is 13.2 Å². The second-order valence-electron chi connectivity index (χ2n) is 4.26. The lowest BCUT2D eigenvalue weighted by atomic mass is 10.1. The van der Waals surface area contributed by atoms with Crippen LogP contribution >= 0.6 is 0 Å². The highest BCUT2D eigenvalue weighted by Gasteiger charge is 2.73. The van der Waals surface area contributed by atoms with E-state index in [1.54, 1.807) is 13.8 Å². The first-order valence-electron chi connectivity index (χ1n) is 5.61. The van der Waals surface area contributed by atoms with Gasteiger partial charge in [-0.3, -0.25) is 0 Å². The first-order chi connectivity index (χ1) is 8.53. The van der Waals surface area contributed by atoms with Crippen molar-refractivity contribution in [2.45, 2.75) is 50.5 Å². The van der Waals surface area contributed by atoms with Crippen LogP contribution in [0.25, 0.3) is 0 Å². The Kier molecular flexibility index (Phi) is 4.76. The van der Waals surface area contributed by atoms with E-state index in [0.29, 0.717) is 6.42 Å². The molecule has 0 bridgehead atoms. The summed E-state index contributed by atoms with van der Waals surface area (Å²) >= 11 is 0. The van der Waals surface area contributed by atoms with Crippen LogP contribution in [0.2, 0.25) is 0 Å². The summed E-state index contributed by atoms with van der Waals surface area (Å²) < 4.78 is 77.2. The number of ether oxygens (including phenoxy) is 3. The van der Waals surface area contributed by atoms with Crippen molar-refractivity contribution in [3.8, 4) is 0 Å². The van der Waals surface area contributed by atoms with Crippen LogP contribution in [-0.4, -0.2) is 48.6 Å². The summed E-state index contributed by atoms with van der Waals surface area (Å²) in [5.74, 6) is -9.15. The van der Waals surface area contributed by atoms with Gasteiger partial charge in [0.15, 0.2) is 6.29 Å². The van der Waals surface area contributed by atoms with Gasteiger partial charge < -0.3 is 19.3 Å². The molecule has 0 spiro atoms. The minimum Gasteiger partial charge on any atom is -0.373 e. The lowest BCUT2D eigenvalue weighted by Crippen LogP contribution is -2.67. The fourth-order valence-electron chi connectivity index (χ4n) is 1.32. The van der Waals surface area contributed by atoms with Crippen LogP contribution in [0.5, 0.6) is 0 Å². The summed E-state index contributed by atoms with van der Waals surface area (Å²) in [6.07, 6.45) is -7.07. The van der Waals surface area contributed by atoms with E-state index in [1.807, 2.05) is 0 Å². The van der Waals surface area contributed by atoms with E-state index in [-0.39, 0.29) is 6.10 Å². The predicted octanol–water partition coefficient (Wildman–Crippen LogP) is 2.06. The summed E-state index contributed by atoms with van der Waals surface area (Å²) in [6, 6.07) is 0. The molecule has 3 atom stereocenters. The van der Waals surface area contributed by atoms with E-state index in [0.717, 1.165) is 0 Å². The number of hydrogen-bond acceptors (Lipinski definition) is 4. The first-order valence-corrected chi connectivity index (χ1v) is 5.61. The summed E-state index contributed by atoms with van der Waals surface area (Å²) in [7, 11) is 0. The van der Waals surface area contributed by atoms with E-state index in [9.17, 15) is 22.0 Å². The van der Waals surface area contributed by atoms with Gasteiger partial charge in [0.1, 0.15) is 6.61 Å². The van der Waals surface area contributed by atoms with Crippen LogP contribution in [0.4, 0.5) is 22.0 Å². The molecule has 3 unspecified atom stereocenters. The van der Waals surface area contributed by atoms with Crippen molar-refractivity contribution >= 4 is 0 Å². The maximum Gasteiger partial charge on any atom is 0.449 e. The van der Waals surface area contributed by atoms with Gasteiger partial charge in [-0.05, 0) is 13.3 Å². The molecule has 1 rings (SSSR count). The Morgan fingerprint density at radius 1 is 1.42 bits per heavy atom. The molecule has 9 heteroatoms. The van der Waals surface area contributed by atoms with Gasteiger partial charge in [-0.15, -0.1) is 0 Å². The Balaban J connectivity index is 2.74. The molecule has 1 N–H and O–H groups in total. The van der Waals surface area contributed by atoms with Gasteiger partial charge in [0.25, 0.3) is 0 Å². The minimum atomic E-state index is -5.64. The van der Waals surface area contributed by atoms with Crippen LogP contribution in [0.1, 0.15) is 20.3 Å². The minimum absolute atomic E-state index is 0.298. The van der Waals surface area contributed by atoms with Crippen molar-refractivity contribution in [2.24, 2.45) is 0 Å². The molecule has 1 aliphatic rings. The molecule has 114 valence electrons. The van der Waals surface area contributed by atoms with E-state index < -0.39 is 37.4 Å². The maximum atomic E-state index is 13.1. The Bertz CT molecular complexity index is 309. The Hall–Kier alpha value is -0.510. The van der Waals surface area contributed by atoms with E-state index >= 15 is 0 Å². The molecule has 0 aromatic carbocycles. The number of alkyl halides is 5. The summed E-state index contributed by atoms with van der Waals surface area (Å²) in [6.45, 7) is 1.34. The number of rotatable bonds is 4. The molecule has 0 aromatic heterocycles. The average Bonchev–Trinajstić information content (AvgIpc) is 2.29. The van der Waals surface area contributed by atoms with Crippen LogP contribution < -0.4 is 0 Å². The largest absolute Gasteiger partial charge is 0.449 e. The number of halogens is 5. The Morgan fingerprint density at radius 2 is 2.00 bits per heavy atom. The molecular weight excluding hydrogens is 279 g/mol. The fourth-order valence-corrected chi connectivity index (χ4v) is 1.32. The van der Waals surface area contributed by atoms with E-state index in [2.05, 4.69) is 9.47 Å². The van der Waals surface area contributed by atoms with E-state index in [1.165, 1.54) is 0 Å². The van der Waals surface area contributed by atoms with Gasteiger partial charge in [0.2, 0.25) is 0 Å². The topological polar surface area (TPSA) is 47.9 Å². The highest BCUT2D eigenvalue weighted by Crippen LogP contribution is 2.46. The molecule has 0 saturated carbocycles. The van der Waals surface area contributed by atoms with Gasteiger partial charge in [0, 0.05) is 0 Å². The van der Waals surface area contributed by atoms with Crippen molar-refractivity contribution in [3.05, 3.63) is 0 Å². The zero-order chi connectivity index (χ0) is 14.9. The quantitative estimate of drug-likeness (QED) is 0.806. The lowest BCUT2D eigenvalue weighted by Gasteiger charge is -2.42. The molecule has 1 fully saturated rings. The number of aliphatic hydroxyl groups is 1. The summed E-state index contributed by atoms with van der Waals surface area (Å²) in [5.41, 5.74) is 0. The summed E-state index contributed by atoms with van der Waals surface area (Å²) in [4.78, 5) is 0. The predicted molar refractivity (Wildman–Crippen MR) is 52.5 cm³/mol. The molecule has 1 heterocycles. The second kappa shape index (κ2) is 5.47. The zero-order valence-corrected chi connectivity index (χ0v) is 10.3. The van der Waals surface area contributed by atoms with Gasteiger partial charge >= 0.3 is 17.9 Å². The summed E-state index contributed by atoms with van der Waals surface area (Å²) in [5, 5.41) is 9.10. The molecule has 1 saturated heterocycles. The van der Waals surface area contributed by atoms with Crippen LogP contribution in [0.15, 0.2) is 0 Å². The number of hydrogen-bond donors (Lipinski definition) is 1. The Labute approximate surface area is 106 Å². The molecule has 0 aromatic rings. The highest BCUT2D eigenvalue weighted by molar-refractivity contribution is 4.94. The standard InChI is InChI=1S/C10H15F5O4/c1-3-6(2)17-4-7-18-5-8(11,12)9(16,19-7)10(13,14)15/h6-7,16H,3-5H2,1-2H3. The smallest absolute Gasteiger partial charge is 0.373 e. The van der Waals surface area contributed by atoms with Crippen molar-refractivity contribution in [3.63, 3.8) is 0 Å².